The Kier molecular flexibility index (Phi) is 39.1. The van der Waals surface area contributed by atoms with Crippen LogP contribution in [-0.4, -0.2) is 122 Å². The molecule has 1 heterocycles. The molecule has 18 nitrogen and oxygen atoms in total. The van der Waals surface area contributed by atoms with E-state index in [-0.39, 0.29) is 87.6 Å². The van der Waals surface area contributed by atoms with Gasteiger partial charge >= 0.3 is 0 Å². The molecule has 0 saturated heterocycles. The van der Waals surface area contributed by atoms with Gasteiger partial charge in [0, 0.05) is 74.1 Å². The first-order valence-corrected chi connectivity index (χ1v) is 36.9. The molecule has 0 spiro atoms. The molecule has 96 heavy (non-hydrogen) atoms. The Balaban J connectivity index is 1.45. The number of aliphatic hydroxyl groups is 1. The molecule has 0 bridgehead atoms. The van der Waals surface area contributed by atoms with E-state index in [1.165, 1.54) is 89.0 Å². The Morgan fingerprint density at radius 1 is 0.500 bits per heavy atom. The number of Topliss-reactive ketones (excluding diaryl/α,β-unsaturated/α-hetero) is 5. The molecule has 1 aromatic heterocycles. The lowest BCUT2D eigenvalue weighted by molar-refractivity contribution is -0.137. The number of rotatable bonds is 52. The van der Waals surface area contributed by atoms with Gasteiger partial charge in [0.25, 0.3) is 0 Å². The lowest BCUT2D eigenvalue weighted by atomic mass is 9.85. The first-order valence-electron chi connectivity index (χ1n) is 35.5. The van der Waals surface area contributed by atoms with Crippen molar-refractivity contribution in [3.05, 3.63) is 126 Å². The minimum atomic E-state index is -1.42. The van der Waals surface area contributed by atoms with Gasteiger partial charge in [-0.25, -0.2) is 4.98 Å². The predicted octanol–water partition coefficient (Wildman–Crippen LogP) is 11.3. The lowest BCUT2D eigenvalue weighted by Crippen LogP contribution is -2.54. The monoisotopic (exact) mass is 1340 g/mol. The van der Waals surface area contributed by atoms with Crippen molar-refractivity contribution < 1.29 is 53.1 Å². The molecule has 4 aromatic rings. The van der Waals surface area contributed by atoms with Crippen molar-refractivity contribution in [2.75, 3.05) is 18.6 Å². The number of benzene rings is 3. The van der Waals surface area contributed by atoms with E-state index in [2.05, 4.69) is 43.5 Å². The van der Waals surface area contributed by atoms with E-state index in [0.717, 1.165) is 36.0 Å². The molecule has 0 unspecified atom stereocenters. The van der Waals surface area contributed by atoms with Crippen LogP contribution in [0.5, 0.6) is 0 Å². The van der Waals surface area contributed by atoms with Crippen molar-refractivity contribution >= 4 is 70.2 Å². The van der Waals surface area contributed by atoms with Crippen molar-refractivity contribution in [3.63, 3.8) is 0 Å². The molecule has 5 amide bonds. The summed E-state index contributed by atoms with van der Waals surface area (Å²) in [7, 11) is 0. The molecule has 0 aliphatic carbocycles. The fraction of sp³-hybridized carbons (Fsp3) is 0.597. The average Bonchev–Trinajstić information content (AvgIpc) is 0.971. The van der Waals surface area contributed by atoms with Gasteiger partial charge in [-0.05, 0) is 86.0 Å². The summed E-state index contributed by atoms with van der Waals surface area (Å²) in [4.78, 5) is 148. The molecule has 0 saturated carbocycles. The number of nitrogens with one attached hydrogen (secondary N) is 6. The summed E-state index contributed by atoms with van der Waals surface area (Å²) in [6.07, 6.45) is 20.7. The maximum Gasteiger partial charge on any atom is 0.243 e. The molecule has 19 heteroatoms. The standard InChI is InChI=1S/C77H113N7O11S/c1-9-11-12-13-14-15-16-17-18-19-20-21-31-38-72(91)80-66(49-63-50-78-52-79-63)77(95)83-67(51-85)70(89)47-61(41-53(3)4)76(94)84-73(54(5)10-2)71(90)48-62(44-58-34-27-23-28-35-58)75(93)81-64(39-40-96-8)68(87)42-55(6)74(92)82-65(45-59-36-29-24-30-37-59)69(88)46-60(56(7)86)43-57-32-25-22-26-33-57/h22-30,32-37,50,52-55,60-62,64-67,73,85H,9-21,31,38-49,51H2,1-8H3,(H,78,79)(H,80,91)(H,81,93)(H,82,92)(H,83,95)(H,84,94)/t54-,55+,60+,61+,62+,64-,65-,66-,67-,73-/m0/s1. The normalized spacial score (nSPS) is 14.5. The van der Waals surface area contributed by atoms with Crippen LogP contribution in [0.2, 0.25) is 0 Å². The topological polar surface area (TPSA) is 280 Å². The Bertz CT molecular complexity index is 2970. The maximum atomic E-state index is 14.9. The van der Waals surface area contributed by atoms with E-state index in [0.29, 0.717) is 30.7 Å². The van der Waals surface area contributed by atoms with Crippen LogP contribution in [0.3, 0.4) is 0 Å². The van der Waals surface area contributed by atoms with E-state index in [4.69, 9.17) is 0 Å². The molecular weight excluding hydrogens is 1230 g/mol. The van der Waals surface area contributed by atoms with E-state index < -0.39 is 107 Å². The first kappa shape index (κ1) is 81.3. The van der Waals surface area contributed by atoms with E-state index >= 15 is 0 Å². The third-order valence-corrected chi connectivity index (χ3v) is 18.9. The van der Waals surface area contributed by atoms with Crippen LogP contribution in [0, 0.1) is 35.5 Å². The minimum absolute atomic E-state index is 0.0422. The number of hydrogen-bond acceptors (Lipinski definition) is 13. The lowest BCUT2D eigenvalue weighted by Gasteiger charge is -2.29. The van der Waals surface area contributed by atoms with Crippen molar-refractivity contribution in [1.29, 1.82) is 0 Å². The zero-order valence-corrected chi connectivity index (χ0v) is 59.5. The summed E-state index contributed by atoms with van der Waals surface area (Å²) >= 11 is 1.47. The summed E-state index contributed by atoms with van der Waals surface area (Å²) < 4.78 is 0. The minimum Gasteiger partial charge on any atom is -0.394 e. The number of nitrogens with zero attached hydrogens (tertiary/aromatic N) is 1. The number of unbranched alkanes of at least 4 members (excludes halogenated alkanes) is 12. The Morgan fingerprint density at radius 3 is 1.49 bits per heavy atom. The van der Waals surface area contributed by atoms with Gasteiger partial charge in [-0.1, -0.05) is 216 Å². The Hall–Kier alpha value is -7.12. The van der Waals surface area contributed by atoms with E-state index in [9.17, 15) is 53.1 Å². The molecule has 0 aliphatic rings. The van der Waals surface area contributed by atoms with Crippen molar-refractivity contribution in [2.45, 2.75) is 239 Å². The molecule has 0 fully saturated rings. The van der Waals surface area contributed by atoms with Crippen LogP contribution in [0.15, 0.2) is 104 Å². The van der Waals surface area contributed by atoms with Crippen LogP contribution in [0.1, 0.15) is 206 Å². The number of aliphatic hydroxyl groups excluding tert-OH is 1. The second-order valence-corrected chi connectivity index (χ2v) is 27.9. The van der Waals surface area contributed by atoms with Crippen LogP contribution in [0.25, 0.3) is 0 Å². The number of aromatic amines is 1. The number of hydrogen-bond donors (Lipinski definition) is 7. The molecule has 0 radical (unpaired) electrons. The van der Waals surface area contributed by atoms with Crippen molar-refractivity contribution in [2.24, 2.45) is 35.5 Å². The number of H-pyrrole nitrogens is 1. The molecule has 7 N–H and O–H groups in total. The number of imidazole rings is 1. The van der Waals surface area contributed by atoms with Gasteiger partial charge in [0.15, 0.2) is 23.1 Å². The average molecular weight is 1340 g/mol. The zero-order chi connectivity index (χ0) is 70.2. The molecule has 4 rings (SSSR count). The fourth-order valence-electron chi connectivity index (χ4n) is 12.1. The second-order valence-electron chi connectivity index (χ2n) is 26.9. The molecule has 3 aromatic carbocycles. The Labute approximate surface area is 576 Å². The molecular formula is C77H113N7O11S. The highest BCUT2D eigenvalue weighted by molar-refractivity contribution is 7.98. The number of carbonyl (C=O) groups excluding carboxylic acids is 10. The van der Waals surface area contributed by atoms with Gasteiger partial charge in [-0.3, -0.25) is 47.9 Å². The van der Waals surface area contributed by atoms with Gasteiger partial charge in [-0.15, -0.1) is 0 Å². The first-order chi connectivity index (χ1) is 46.2. The highest BCUT2D eigenvalue weighted by Gasteiger charge is 2.37. The zero-order valence-electron chi connectivity index (χ0n) is 58.6. The number of amides is 5. The van der Waals surface area contributed by atoms with Crippen LogP contribution >= 0.6 is 11.8 Å². The van der Waals surface area contributed by atoms with Crippen molar-refractivity contribution in [3.8, 4) is 0 Å². The summed E-state index contributed by atoms with van der Waals surface area (Å²) in [6, 6.07) is 22.1. The van der Waals surface area contributed by atoms with Crippen molar-refractivity contribution in [1.82, 2.24) is 36.6 Å². The highest BCUT2D eigenvalue weighted by Crippen LogP contribution is 2.24. The van der Waals surface area contributed by atoms with Crippen LogP contribution in [0.4, 0.5) is 0 Å². The molecule has 10 atom stereocenters. The second kappa shape index (κ2) is 46.2. The smallest absolute Gasteiger partial charge is 0.243 e. The van der Waals surface area contributed by atoms with Gasteiger partial charge in [-0.2, -0.15) is 11.8 Å². The Morgan fingerprint density at radius 2 is 0.979 bits per heavy atom. The van der Waals surface area contributed by atoms with Gasteiger partial charge in [0.1, 0.15) is 17.9 Å². The van der Waals surface area contributed by atoms with Crippen LogP contribution in [-0.2, 0) is 73.6 Å². The van der Waals surface area contributed by atoms with E-state index in [1.54, 1.807) is 6.92 Å². The summed E-state index contributed by atoms with van der Waals surface area (Å²) in [5.74, 6) is -8.20. The third kappa shape index (κ3) is 31.4. The SMILES string of the molecule is CCCCCCCCCCCCCCCC(=O)N[C@@H](Cc1cnc[nH]1)C(=O)N[C@@H](CO)C(=O)C[C@@H](CC(C)C)C(=O)N[C@H](C(=O)C[C@@H](Cc1ccccc1)C(=O)N[C@@H](CCSC)C(=O)C[C@@H](C)C(=O)N[C@@H](Cc1ccccc1)C(=O)C[C@@H](Cc1ccccc1)C(C)=O)[C@@H](C)CC. The summed E-state index contributed by atoms with van der Waals surface area (Å²) in [5.41, 5.74) is 3.03. The summed E-state index contributed by atoms with van der Waals surface area (Å²) in [5, 5.41) is 24.9. The highest BCUT2D eigenvalue weighted by atomic mass is 32.2. The van der Waals surface area contributed by atoms with Gasteiger partial charge in [0.05, 0.1) is 31.1 Å². The molecule has 528 valence electrons. The predicted molar refractivity (Wildman–Crippen MR) is 381 cm³/mol. The summed E-state index contributed by atoms with van der Waals surface area (Å²) in [6.45, 7) is 12.0. The maximum absolute atomic E-state index is 14.9. The van der Waals surface area contributed by atoms with Gasteiger partial charge in [0.2, 0.25) is 29.5 Å². The largest absolute Gasteiger partial charge is 0.394 e. The van der Waals surface area contributed by atoms with E-state index in [1.807, 2.05) is 125 Å². The van der Waals surface area contributed by atoms with Gasteiger partial charge < -0.3 is 36.7 Å². The number of aromatic nitrogens is 2. The number of thioether (sulfide) groups is 1. The quantitative estimate of drug-likeness (QED) is 0.0203. The van der Waals surface area contributed by atoms with Crippen LogP contribution < -0.4 is 26.6 Å². The molecule has 0 aliphatic heterocycles. The number of carbonyl (C=O) groups is 10. The number of ketones is 5. The fourth-order valence-corrected chi connectivity index (χ4v) is 12.6. The third-order valence-electron chi connectivity index (χ3n) is 18.2.